The van der Waals surface area contributed by atoms with Crippen molar-refractivity contribution >= 4 is 34.1 Å². The smallest absolute Gasteiger partial charge is 0.422 e. The zero-order chi connectivity index (χ0) is 20.3. The van der Waals surface area contributed by atoms with Crippen LogP contribution in [0.1, 0.15) is 0 Å². The highest BCUT2D eigenvalue weighted by Crippen LogP contribution is 2.29. The standard InChI is InChI=1S/C18H13ClF3N3O3/c19-11-5-6-15(28-9-18(20,21)22)14(7-11)24-16(26)8-25-10-23-13-4-2-1-3-12(13)17(25)27/h1-7,10H,8-9H2,(H,24,26). The van der Waals surface area contributed by atoms with Crippen molar-refractivity contribution in [1.82, 2.24) is 9.55 Å². The number of alkyl halides is 3. The zero-order valence-corrected chi connectivity index (χ0v) is 14.9. The minimum atomic E-state index is -4.54. The number of nitrogens with zero attached hydrogens (tertiary/aromatic N) is 2. The van der Waals surface area contributed by atoms with Gasteiger partial charge in [-0.3, -0.25) is 14.2 Å². The second-order valence-electron chi connectivity index (χ2n) is 5.79. The van der Waals surface area contributed by atoms with Crippen molar-refractivity contribution in [2.24, 2.45) is 0 Å². The summed E-state index contributed by atoms with van der Waals surface area (Å²) in [4.78, 5) is 28.8. The van der Waals surface area contributed by atoms with Gasteiger partial charge in [0.25, 0.3) is 5.56 Å². The summed E-state index contributed by atoms with van der Waals surface area (Å²) < 4.78 is 43.0. The third kappa shape index (κ3) is 4.80. The van der Waals surface area contributed by atoms with E-state index in [0.717, 1.165) is 4.57 Å². The molecule has 0 spiro atoms. The number of amides is 1. The van der Waals surface area contributed by atoms with Crippen LogP contribution >= 0.6 is 11.6 Å². The predicted octanol–water partition coefficient (Wildman–Crippen LogP) is 3.63. The van der Waals surface area contributed by atoms with Gasteiger partial charge in [-0.05, 0) is 30.3 Å². The topological polar surface area (TPSA) is 73.2 Å². The van der Waals surface area contributed by atoms with Crippen LogP contribution in [0.15, 0.2) is 53.6 Å². The van der Waals surface area contributed by atoms with Crippen LogP contribution in [0.3, 0.4) is 0 Å². The van der Waals surface area contributed by atoms with Gasteiger partial charge in [0.15, 0.2) is 6.61 Å². The molecular weight excluding hydrogens is 399 g/mol. The van der Waals surface area contributed by atoms with Crippen LogP contribution in [0.5, 0.6) is 5.75 Å². The van der Waals surface area contributed by atoms with Crippen LogP contribution in [0, 0.1) is 0 Å². The first-order valence-electron chi connectivity index (χ1n) is 7.96. The van der Waals surface area contributed by atoms with Gasteiger partial charge in [0.05, 0.1) is 22.9 Å². The third-order valence-electron chi connectivity index (χ3n) is 3.65. The molecule has 1 amide bonds. The van der Waals surface area contributed by atoms with Crippen LogP contribution in [0.4, 0.5) is 18.9 Å². The summed E-state index contributed by atoms with van der Waals surface area (Å²) in [5.74, 6) is -0.850. The van der Waals surface area contributed by atoms with E-state index in [2.05, 4.69) is 10.3 Å². The first-order valence-corrected chi connectivity index (χ1v) is 8.34. The molecule has 146 valence electrons. The van der Waals surface area contributed by atoms with E-state index in [1.807, 2.05) is 0 Å². The molecule has 0 unspecified atom stereocenters. The van der Waals surface area contributed by atoms with Gasteiger partial charge in [-0.25, -0.2) is 4.98 Å². The lowest BCUT2D eigenvalue weighted by molar-refractivity contribution is -0.153. The SMILES string of the molecule is O=C(Cn1cnc2ccccc2c1=O)Nc1cc(Cl)ccc1OCC(F)(F)F. The van der Waals surface area contributed by atoms with Gasteiger partial charge in [-0.2, -0.15) is 13.2 Å². The van der Waals surface area contributed by atoms with Crippen molar-refractivity contribution in [3.63, 3.8) is 0 Å². The van der Waals surface area contributed by atoms with Crippen LogP contribution in [0.25, 0.3) is 10.9 Å². The number of carbonyl (C=O) groups is 1. The first kappa shape index (κ1) is 19.7. The number of carbonyl (C=O) groups excluding carboxylic acids is 1. The molecule has 0 saturated carbocycles. The number of aromatic nitrogens is 2. The van der Waals surface area contributed by atoms with Gasteiger partial charge in [-0.1, -0.05) is 23.7 Å². The van der Waals surface area contributed by atoms with Gasteiger partial charge in [-0.15, -0.1) is 0 Å². The average Bonchev–Trinajstić information content (AvgIpc) is 2.63. The second kappa shape index (κ2) is 7.89. The van der Waals surface area contributed by atoms with Crippen molar-refractivity contribution in [1.29, 1.82) is 0 Å². The van der Waals surface area contributed by atoms with E-state index in [-0.39, 0.29) is 23.0 Å². The number of hydrogen-bond acceptors (Lipinski definition) is 4. The van der Waals surface area contributed by atoms with Crippen molar-refractivity contribution in [3.05, 3.63) is 64.2 Å². The van der Waals surface area contributed by atoms with Gasteiger partial charge < -0.3 is 10.1 Å². The number of rotatable bonds is 5. The quantitative estimate of drug-likeness (QED) is 0.696. The van der Waals surface area contributed by atoms with Crippen molar-refractivity contribution in [2.75, 3.05) is 11.9 Å². The maximum Gasteiger partial charge on any atom is 0.422 e. The largest absolute Gasteiger partial charge is 0.482 e. The minimum Gasteiger partial charge on any atom is -0.482 e. The lowest BCUT2D eigenvalue weighted by Gasteiger charge is -2.14. The Morgan fingerprint density at radius 3 is 2.71 bits per heavy atom. The first-order chi connectivity index (χ1) is 13.2. The van der Waals surface area contributed by atoms with Gasteiger partial charge in [0.1, 0.15) is 12.3 Å². The molecule has 0 atom stereocenters. The van der Waals surface area contributed by atoms with E-state index in [1.54, 1.807) is 24.3 Å². The molecule has 1 N–H and O–H groups in total. The van der Waals surface area contributed by atoms with Crippen molar-refractivity contribution in [3.8, 4) is 5.75 Å². The predicted molar refractivity (Wildman–Crippen MR) is 97.6 cm³/mol. The molecule has 1 heterocycles. The summed E-state index contributed by atoms with van der Waals surface area (Å²) in [7, 11) is 0. The second-order valence-corrected chi connectivity index (χ2v) is 6.22. The number of anilines is 1. The Hall–Kier alpha value is -3.07. The summed E-state index contributed by atoms with van der Waals surface area (Å²) >= 11 is 5.85. The number of para-hydroxylation sites is 1. The number of ether oxygens (including phenoxy) is 1. The molecular formula is C18H13ClF3N3O3. The Morgan fingerprint density at radius 1 is 1.21 bits per heavy atom. The Kier molecular flexibility index (Phi) is 5.55. The molecule has 0 saturated heterocycles. The van der Waals surface area contributed by atoms with Crippen LogP contribution in [-0.2, 0) is 11.3 Å². The molecule has 0 aliphatic carbocycles. The maximum absolute atomic E-state index is 12.4. The Balaban J connectivity index is 1.79. The molecule has 0 aliphatic heterocycles. The van der Waals surface area contributed by atoms with Crippen LogP contribution in [0.2, 0.25) is 5.02 Å². The number of fused-ring (bicyclic) bond motifs is 1. The molecule has 0 fully saturated rings. The van der Waals surface area contributed by atoms with E-state index in [1.165, 1.54) is 24.5 Å². The van der Waals surface area contributed by atoms with Gasteiger partial charge >= 0.3 is 6.18 Å². The minimum absolute atomic E-state index is 0.0384. The van der Waals surface area contributed by atoms with Crippen LogP contribution < -0.4 is 15.6 Å². The summed E-state index contributed by atoms with van der Waals surface area (Å²) in [5, 5.41) is 2.94. The lowest BCUT2D eigenvalue weighted by Crippen LogP contribution is -2.28. The van der Waals surface area contributed by atoms with E-state index in [4.69, 9.17) is 16.3 Å². The van der Waals surface area contributed by atoms with E-state index < -0.39 is 24.2 Å². The molecule has 2 aromatic carbocycles. The van der Waals surface area contributed by atoms with Gasteiger partial charge in [0, 0.05) is 5.02 Å². The van der Waals surface area contributed by atoms with Crippen molar-refractivity contribution in [2.45, 2.75) is 12.7 Å². The summed E-state index contributed by atoms with van der Waals surface area (Å²) in [6.07, 6.45) is -3.31. The number of halogens is 4. The molecule has 1 aromatic heterocycles. The zero-order valence-electron chi connectivity index (χ0n) is 14.2. The number of nitrogens with one attached hydrogen (secondary N) is 1. The summed E-state index contributed by atoms with van der Waals surface area (Å²) in [6.45, 7) is -1.91. The van der Waals surface area contributed by atoms with E-state index >= 15 is 0 Å². The highest BCUT2D eigenvalue weighted by molar-refractivity contribution is 6.31. The Labute approximate surface area is 161 Å². The fourth-order valence-electron chi connectivity index (χ4n) is 2.45. The molecule has 6 nitrogen and oxygen atoms in total. The van der Waals surface area contributed by atoms with Crippen molar-refractivity contribution < 1.29 is 22.7 Å². The highest BCUT2D eigenvalue weighted by atomic mass is 35.5. The maximum atomic E-state index is 12.4. The molecule has 28 heavy (non-hydrogen) atoms. The summed E-state index contributed by atoms with van der Waals surface area (Å²) in [5.41, 5.74) is 0.0331. The Morgan fingerprint density at radius 2 is 1.96 bits per heavy atom. The molecule has 0 radical (unpaired) electrons. The molecule has 0 bridgehead atoms. The normalized spacial score (nSPS) is 11.4. The average molecular weight is 412 g/mol. The monoisotopic (exact) mass is 411 g/mol. The van der Waals surface area contributed by atoms with Gasteiger partial charge in [0.2, 0.25) is 5.91 Å². The highest BCUT2D eigenvalue weighted by Gasteiger charge is 2.29. The number of benzene rings is 2. The fraction of sp³-hybridized carbons (Fsp3) is 0.167. The van der Waals surface area contributed by atoms with E-state index in [9.17, 15) is 22.8 Å². The third-order valence-corrected chi connectivity index (χ3v) is 3.89. The van der Waals surface area contributed by atoms with Crippen LogP contribution in [-0.4, -0.2) is 28.2 Å². The number of hydrogen-bond donors (Lipinski definition) is 1. The Bertz CT molecular complexity index is 1080. The molecule has 3 aromatic rings. The molecule has 3 rings (SSSR count). The fourth-order valence-corrected chi connectivity index (χ4v) is 2.62. The molecule has 0 aliphatic rings. The lowest BCUT2D eigenvalue weighted by atomic mass is 10.2. The molecule has 10 heteroatoms. The summed E-state index contributed by atoms with van der Waals surface area (Å²) in [6, 6.07) is 10.5. The van der Waals surface area contributed by atoms with E-state index in [0.29, 0.717) is 10.9 Å².